The van der Waals surface area contributed by atoms with E-state index >= 15 is 0 Å². The predicted molar refractivity (Wildman–Crippen MR) is 87.0 cm³/mol. The summed E-state index contributed by atoms with van der Waals surface area (Å²) < 4.78 is 33.9. The number of carbonyl (C=O) groups is 1. The lowest BCUT2D eigenvalue weighted by atomic mass is 10.2. The van der Waals surface area contributed by atoms with Crippen LogP contribution in [0.4, 0.5) is 14.5 Å². The number of hydrogen-bond donors (Lipinski definition) is 1. The Morgan fingerprint density at radius 3 is 2.72 bits per heavy atom. The first-order chi connectivity index (χ1) is 12.0. The minimum absolute atomic E-state index is 0.223. The first-order valence-corrected chi connectivity index (χ1v) is 7.31. The zero-order valence-corrected chi connectivity index (χ0v) is 13.5. The summed E-state index contributed by atoms with van der Waals surface area (Å²) in [6.45, 7) is 1.68. The summed E-state index contributed by atoms with van der Waals surface area (Å²) >= 11 is 0. The van der Waals surface area contributed by atoms with Gasteiger partial charge in [-0.05, 0) is 19.1 Å². The van der Waals surface area contributed by atoms with Gasteiger partial charge in [-0.1, -0.05) is 6.07 Å². The van der Waals surface area contributed by atoms with Gasteiger partial charge in [-0.2, -0.15) is 5.10 Å². The standard InChI is InChI=1S/C17H14F2N4O2/c1-10-11(9-21-23(10)16-5-3-4-6-20-16)17(24)22-14-7-13(19)15(25-2)8-12(14)18/h3-9H,1-2H3,(H,22,24). The highest BCUT2D eigenvalue weighted by atomic mass is 19.1. The third-order valence-corrected chi connectivity index (χ3v) is 3.61. The maximum Gasteiger partial charge on any atom is 0.259 e. The van der Waals surface area contributed by atoms with E-state index in [9.17, 15) is 13.6 Å². The third kappa shape index (κ3) is 3.18. The van der Waals surface area contributed by atoms with Crippen LogP contribution in [0, 0.1) is 18.6 Å². The molecule has 1 N–H and O–H groups in total. The SMILES string of the molecule is COc1cc(F)c(NC(=O)c2cnn(-c3ccccn3)c2C)cc1F. The molecule has 0 bridgehead atoms. The van der Waals surface area contributed by atoms with Crippen molar-refractivity contribution in [2.75, 3.05) is 12.4 Å². The smallest absolute Gasteiger partial charge is 0.259 e. The summed E-state index contributed by atoms with van der Waals surface area (Å²) in [6, 6.07) is 7.02. The van der Waals surface area contributed by atoms with E-state index in [-0.39, 0.29) is 17.0 Å². The van der Waals surface area contributed by atoms with Crippen LogP contribution < -0.4 is 10.1 Å². The average Bonchev–Trinajstić information content (AvgIpc) is 3.00. The van der Waals surface area contributed by atoms with E-state index in [1.807, 2.05) is 0 Å². The molecular formula is C17H14F2N4O2. The molecule has 128 valence electrons. The summed E-state index contributed by atoms with van der Waals surface area (Å²) in [5, 5.41) is 6.46. The maximum atomic E-state index is 14.0. The number of hydrogen-bond acceptors (Lipinski definition) is 4. The molecule has 1 amide bonds. The molecule has 3 aromatic rings. The van der Waals surface area contributed by atoms with Crippen LogP contribution in [-0.4, -0.2) is 27.8 Å². The van der Waals surface area contributed by atoms with E-state index in [4.69, 9.17) is 4.74 Å². The minimum atomic E-state index is -0.804. The van der Waals surface area contributed by atoms with Crippen molar-refractivity contribution >= 4 is 11.6 Å². The molecule has 0 aliphatic heterocycles. The maximum absolute atomic E-state index is 14.0. The molecule has 0 unspecified atom stereocenters. The number of carbonyl (C=O) groups excluding carboxylic acids is 1. The molecule has 3 rings (SSSR count). The van der Waals surface area contributed by atoms with E-state index in [0.29, 0.717) is 11.5 Å². The second-order valence-electron chi connectivity index (χ2n) is 5.16. The lowest BCUT2D eigenvalue weighted by molar-refractivity contribution is 0.102. The lowest BCUT2D eigenvalue weighted by Gasteiger charge is -2.09. The van der Waals surface area contributed by atoms with Gasteiger partial charge in [0.05, 0.1) is 30.3 Å². The summed E-state index contributed by atoms with van der Waals surface area (Å²) in [5.74, 6) is -1.89. The topological polar surface area (TPSA) is 69.0 Å². The van der Waals surface area contributed by atoms with Crippen LogP contribution in [0.15, 0.2) is 42.7 Å². The Bertz CT molecular complexity index is 926. The second-order valence-corrected chi connectivity index (χ2v) is 5.16. The quantitative estimate of drug-likeness (QED) is 0.790. The largest absolute Gasteiger partial charge is 0.494 e. The number of methoxy groups -OCH3 is 1. The number of benzene rings is 1. The number of halogens is 2. The monoisotopic (exact) mass is 344 g/mol. The molecule has 0 radical (unpaired) electrons. The molecule has 2 heterocycles. The summed E-state index contributed by atoms with van der Waals surface area (Å²) in [4.78, 5) is 16.5. The van der Waals surface area contributed by atoms with Gasteiger partial charge in [0.2, 0.25) is 0 Å². The van der Waals surface area contributed by atoms with E-state index in [1.54, 1.807) is 31.3 Å². The Hall–Kier alpha value is -3.29. The van der Waals surface area contributed by atoms with Crippen molar-refractivity contribution in [3.05, 3.63) is 65.6 Å². The van der Waals surface area contributed by atoms with Gasteiger partial charge in [0.25, 0.3) is 5.91 Å². The number of amides is 1. The summed E-state index contributed by atoms with van der Waals surface area (Å²) in [5.41, 5.74) is 0.458. The first kappa shape index (κ1) is 16.6. The summed E-state index contributed by atoms with van der Waals surface area (Å²) in [7, 11) is 1.23. The van der Waals surface area contributed by atoms with Crippen molar-refractivity contribution in [2.24, 2.45) is 0 Å². The normalized spacial score (nSPS) is 10.6. The molecule has 25 heavy (non-hydrogen) atoms. The van der Waals surface area contributed by atoms with Gasteiger partial charge >= 0.3 is 0 Å². The predicted octanol–water partition coefficient (Wildman–Crippen LogP) is 3.11. The van der Waals surface area contributed by atoms with Gasteiger partial charge in [0.15, 0.2) is 23.2 Å². The number of nitrogens with zero attached hydrogens (tertiary/aromatic N) is 3. The van der Waals surface area contributed by atoms with E-state index < -0.39 is 17.5 Å². The van der Waals surface area contributed by atoms with Crippen LogP contribution in [0.1, 0.15) is 16.1 Å². The molecule has 2 aromatic heterocycles. The van der Waals surface area contributed by atoms with Crippen molar-refractivity contribution in [2.45, 2.75) is 6.92 Å². The van der Waals surface area contributed by atoms with Gasteiger partial charge in [0.1, 0.15) is 0 Å². The second kappa shape index (κ2) is 6.68. The van der Waals surface area contributed by atoms with Crippen LogP contribution in [0.2, 0.25) is 0 Å². The molecule has 0 saturated heterocycles. The molecule has 0 aliphatic rings. The van der Waals surface area contributed by atoms with Gasteiger partial charge in [-0.25, -0.2) is 18.4 Å². The van der Waals surface area contributed by atoms with Crippen LogP contribution in [0.3, 0.4) is 0 Å². The molecule has 6 nitrogen and oxygen atoms in total. The van der Waals surface area contributed by atoms with Crippen molar-refractivity contribution in [1.29, 1.82) is 0 Å². The van der Waals surface area contributed by atoms with Gasteiger partial charge in [-0.15, -0.1) is 0 Å². The zero-order valence-electron chi connectivity index (χ0n) is 13.5. The van der Waals surface area contributed by atoms with Gasteiger partial charge < -0.3 is 10.1 Å². The van der Waals surface area contributed by atoms with Crippen molar-refractivity contribution in [1.82, 2.24) is 14.8 Å². The number of aromatic nitrogens is 3. The van der Waals surface area contributed by atoms with Gasteiger partial charge in [0, 0.05) is 18.3 Å². The van der Waals surface area contributed by atoms with Crippen LogP contribution in [-0.2, 0) is 0 Å². The number of pyridine rings is 1. The Kier molecular flexibility index (Phi) is 4.42. The Morgan fingerprint density at radius 2 is 2.04 bits per heavy atom. The van der Waals surface area contributed by atoms with Crippen molar-refractivity contribution in [3.8, 4) is 11.6 Å². The van der Waals surface area contributed by atoms with Crippen LogP contribution in [0.5, 0.6) is 5.75 Å². The van der Waals surface area contributed by atoms with Crippen molar-refractivity contribution in [3.63, 3.8) is 0 Å². The highest BCUT2D eigenvalue weighted by molar-refractivity contribution is 6.05. The van der Waals surface area contributed by atoms with Crippen LogP contribution >= 0.6 is 0 Å². The Morgan fingerprint density at radius 1 is 1.24 bits per heavy atom. The molecule has 0 atom stereocenters. The molecule has 1 aromatic carbocycles. The first-order valence-electron chi connectivity index (χ1n) is 7.31. The fraction of sp³-hybridized carbons (Fsp3) is 0.118. The average molecular weight is 344 g/mol. The van der Waals surface area contributed by atoms with Gasteiger partial charge in [-0.3, -0.25) is 4.79 Å². The number of ether oxygens (including phenoxy) is 1. The molecular weight excluding hydrogens is 330 g/mol. The van der Waals surface area contributed by atoms with E-state index in [1.165, 1.54) is 18.0 Å². The number of anilines is 1. The lowest BCUT2D eigenvalue weighted by Crippen LogP contribution is -2.14. The minimum Gasteiger partial charge on any atom is -0.494 e. The zero-order chi connectivity index (χ0) is 18.0. The Labute approximate surface area is 142 Å². The molecule has 0 aliphatic carbocycles. The van der Waals surface area contributed by atoms with Crippen molar-refractivity contribution < 1.29 is 18.3 Å². The number of rotatable bonds is 4. The highest BCUT2D eigenvalue weighted by Crippen LogP contribution is 2.25. The molecule has 0 saturated carbocycles. The highest BCUT2D eigenvalue weighted by Gasteiger charge is 2.18. The van der Waals surface area contributed by atoms with E-state index in [0.717, 1.165) is 12.1 Å². The van der Waals surface area contributed by atoms with E-state index in [2.05, 4.69) is 15.4 Å². The van der Waals surface area contributed by atoms with Crippen LogP contribution in [0.25, 0.3) is 5.82 Å². The molecule has 8 heteroatoms. The molecule has 0 spiro atoms. The fourth-order valence-electron chi connectivity index (χ4n) is 2.31. The number of nitrogens with one attached hydrogen (secondary N) is 1. The summed E-state index contributed by atoms with van der Waals surface area (Å²) in [6.07, 6.45) is 2.95. The fourth-order valence-corrected chi connectivity index (χ4v) is 2.31. The third-order valence-electron chi connectivity index (χ3n) is 3.61. The molecule has 0 fully saturated rings. The Balaban J connectivity index is 1.88.